The van der Waals surface area contributed by atoms with Crippen LogP contribution in [0.5, 0.6) is 0 Å². The van der Waals surface area contributed by atoms with Gasteiger partial charge in [0.25, 0.3) is 5.91 Å². The molecule has 0 radical (unpaired) electrons. The van der Waals surface area contributed by atoms with Crippen LogP contribution in [0.2, 0.25) is 0 Å². The van der Waals surface area contributed by atoms with Gasteiger partial charge in [-0.15, -0.1) is 0 Å². The van der Waals surface area contributed by atoms with E-state index in [0.717, 1.165) is 6.42 Å². The Morgan fingerprint density at radius 2 is 2.10 bits per heavy atom. The maximum Gasteiger partial charge on any atom is 0.252 e. The Morgan fingerprint density at radius 3 is 2.81 bits per heavy atom. The fourth-order valence-corrected chi connectivity index (χ4v) is 3.00. The molecule has 4 nitrogen and oxygen atoms in total. The van der Waals surface area contributed by atoms with E-state index in [0.29, 0.717) is 25.1 Å². The molecule has 1 aliphatic carbocycles. The summed E-state index contributed by atoms with van der Waals surface area (Å²) in [5.74, 6) is -0.117. The molecule has 0 spiro atoms. The van der Waals surface area contributed by atoms with Crippen molar-refractivity contribution < 1.29 is 9.59 Å². The largest absolute Gasteiger partial charge is 0.356 e. The number of rotatable bonds is 7. The number of nitrogens with one attached hydrogen (secondary N) is 2. The van der Waals surface area contributed by atoms with Gasteiger partial charge in [-0.2, -0.15) is 11.3 Å². The van der Waals surface area contributed by atoms with Crippen molar-refractivity contribution >= 4 is 23.2 Å². The average Bonchev–Trinajstić information content (AvgIpc) is 3.02. The summed E-state index contributed by atoms with van der Waals surface area (Å²) < 4.78 is 0. The Kier molecular flexibility index (Phi) is 6.47. The molecule has 0 bridgehead atoms. The Bertz CT molecular complexity index is 494. The van der Waals surface area contributed by atoms with E-state index in [1.165, 1.54) is 42.6 Å². The van der Waals surface area contributed by atoms with Gasteiger partial charge < -0.3 is 10.6 Å². The zero-order valence-electron chi connectivity index (χ0n) is 12.2. The van der Waals surface area contributed by atoms with Crippen LogP contribution in [-0.4, -0.2) is 24.9 Å². The summed E-state index contributed by atoms with van der Waals surface area (Å²) in [6.45, 7) is 1.08. The van der Waals surface area contributed by atoms with E-state index in [9.17, 15) is 9.59 Å². The fourth-order valence-electron chi connectivity index (χ4n) is 2.37. The summed E-state index contributed by atoms with van der Waals surface area (Å²) in [6.07, 6.45) is 8.50. The van der Waals surface area contributed by atoms with E-state index >= 15 is 0 Å². The third kappa shape index (κ3) is 5.71. The van der Waals surface area contributed by atoms with Crippen LogP contribution in [0.1, 0.15) is 48.9 Å². The molecule has 0 aromatic carbocycles. The molecule has 2 amide bonds. The summed E-state index contributed by atoms with van der Waals surface area (Å²) in [4.78, 5) is 23.3. The van der Waals surface area contributed by atoms with Gasteiger partial charge in [-0.1, -0.05) is 11.6 Å². The lowest BCUT2D eigenvalue weighted by molar-refractivity contribution is -0.120. The van der Waals surface area contributed by atoms with Crippen molar-refractivity contribution in [2.75, 3.05) is 13.1 Å². The summed E-state index contributed by atoms with van der Waals surface area (Å²) >= 11 is 1.49. The molecule has 0 unspecified atom stereocenters. The number of carbonyl (C=O) groups excluding carboxylic acids is 2. The van der Waals surface area contributed by atoms with E-state index in [2.05, 4.69) is 16.7 Å². The lowest BCUT2D eigenvalue weighted by Crippen LogP contribution is -2.31. The van der Waals surface area contributed by atoms with Crippen molar-refractivity contribution in [2.24, 2.45) is 0 Å². The highest BCUT2D eigenvalue weighted by Gasteiger charge is 2.07. The lowest BCUT2D eigenvalue weighted by Gasteiger charge is -2.13. The Labute approximate surface area is 129 Å². The maximum absolute atomic E-state index is 11.7. The zero-order chi connectivity index (χ0) is 14.9. The normalized spacial score (nSPS) is 14.4. The second-order valence-electron chi connectivity index (χ2n) is 5.23. The van der Waals surface area contributed by atoms with E-state index in [1.54, 1.807) is 11.4 Å². The first-order chi connectivity index (χ1) is 10.3. The van der Waals surface area contributed by atoms with Crippen molar-refractivity contribution in [3.63, 3.8) is 0 Å². The molecule has 114 valence electrons. The summed E-state index contributed by atoms with van der Waals surface area (Å²) in [6, 6.07) is 1.78. The van der Waals surface area contributed by atoms with Crippen LogP contribution in [0.3, 0.4) is 0 Å². The van der Waals surface area contributed by atoms with Gasteiger partial charge in [0.15, 0.2) is 0 Å². The second kappa shape index (κ2) is 8.62. The van der Waals surface area contributed by atoms with Gasteiger partial charge in [0.05, 0.1) is 0 Å². The van der Waals surface area contributed by atoms with Crippen LogP contribution < -0.4 is 10.6 Å². The fraction of sp³-hybridized carbons (Fsp3) is 0.500. The molecule has 0 saturated carbocycles. The molecule has 2 rings (SSSR count). The molecular weight excluding hydrogens is 284 g/mol. The van der Waals surface area contributed by atoms with Gasteiger partial charge >= 0.3 is 0 Å². The number of amides is 2. The Balaban J connectivity index is 1.55. The first kappa shape index (κ1) is 15.8. The van der Waals surface area contributed by atoms with E-state index in [1.807, 2.05) is 5.38 Å². The van der Waals surface area contributed by atoms with E-state index in [4.69, 9.17) is 0 Å². The minimum absolute atomic E-state index is 0.00275. The van der Waals surface area contributed by atoms with Crippen molar-refractivity contribution in [1.29, 1.82) is 0 Å². The Morgan fingerprint density at radius 1 is 1.19 bits per heavy atom. The first-order valence-corrected chi connectivity index (χ1v) is 8.45. The molecule has 5 heteroatoms. The van der Waals surface area contributed by atoms with Crippen molar-refractivity contribution in [1.82, 2.24) is 10.6 Å². The van der Waals surface area contributed by atoms with Crippen molar-refractivity contribution in [2.45, 2.75) is 38.5 Å². The molecule has 0 fully saturated rings. The van der Waals surface area contributed by atoms with E-state index < -0.39 is 0 Å². The molecule has 0 aliphatic heterocycles. The quantitative estimate of drug-likeness (QED) is 0.761. The predicted octanol–water partition coefficient (Wildman–Crippen LogP) is 2.87. The number of hydrogen-bond donors (Lipinski definition) is 2. The number of thiophene rings is 1. The van der Waals surface area contributed by atoms with Crippen LogP contribution in [0.25, 0.3) is 0 Å². The molecule has 1 aromatic heterocycles. The number of carbonyl (C=O) groups is 2. The summed E-state index contributed by atoms with van der Waals surface area (Å²) in [5.41, 5.74) is 2.12. The SMILES string of the molecule is O=C(CCNC(=O)c1ccsc1)NCCC1=CCCCC1. The van der Waals surface area contributed by atoms with Gasteiger partial charge in [0.1, 0.15) is 0 Å². The van der Waals surface area contributed by atoms with Crippen LogP contribution >= 0.6 is 11.3 Å². The smallest absolute Gasteiger partial charge is 0.252 e. The third-order valence-corrected chi connectivity index (χ3v) is 4.26. The zero-order valence-corrected chi connectivity index (χ0v) is 13.0. The molecule has 2 N–H and O–H groups in total. The van der Waals surface area contributed by atoms with Crippen LogP contribution in [0.4, 0.5) is 0 Å². The van der Waals surface area contributed by atoms with Crippen molar-refractivity contribution in [3.8, 4) is 0 Å². The van der Waals surface area contributed by atoms with E-state index in [-0.39, 0.29) is 11.8 Å². The third-order valence-electron chi connectivity index (χ3n) is 3.57. The number of hydrogen-bond acceptors (Lipinski definition) is 3. The molecule has 0 atom stereocenters. The van der Waals surface area contributed by atoms with Crippen molar-refractivity contribution in [3.05, 3.63) is 34.0 Å². The molecule has 1 aromatic rings. The molecular formula is C16H22N2O2S. The highest BCUT2D eigenvalue weighted by atomic mass is 32.1. The molecule has 21 heavy (non-hydrogen) atoms. The number of allylic oxidation sites excluding steroid dienone is 1. The van der Waals surface area contributed by atoms with Gasteiger partial charge in [-0.25, -0.2) is 0 Å². The maximum atomic E-state index is 11.7. The monoisotopic (exact) mass is 306 g/mol. The Hall–Kier alpha value is -1.62. The minimum atomic E-state index is -0.114. The van der Waals surface area contributed by atoms with Crippen LogP contribution in [-0.2, 0) is 4.79 Å². The minimum Gasteiger partial charge on any atom is -0.356 e. The topological polar surface area (TPSA) is 58.2 Å². The predicted molar refractivity (Wildman–Crippen MR) is 85.4 cm³/mol. The van der Waals surface area contributed by atoms with Gasteiger partial charge in [-0.3, -0.25) is 9.59 Å². The van der Waals surface area contributed by atoms with Gasteiger partial charge in [0.2, 0.25) is 5.91 Å². The van der Waals surface area contributed by atoms with Crippen LogP contribution in [0.15, 0.2) is 28.5 Å². The molecule has 1 heterocycles. The molecule has 0 saturated heterocycles. The standard InChI is InChI=1S/C16H22N2O2S/c19-15(17-9-6-13-4-2-1-3-5-13)7-10-18-16(20)14-8-11-21-12-14/h4,8,11-12H,1-3,5-7,9-10H2,(H,17,19)(H,18,20). The van der Waals surface area contributed by atoms with Crippen LogP contribution in [0, 0.1) is 0 Å². The molecule has 1 aliphatic rings. The van der Waals surface area contributed by atoms with Gasteiger partial charge in [-0.05, 0) is 43.6 Å². The highest BCUT2D eigenvalue weighted by molar-refractivity contribution is 7.08. The average molecular weight is 306 g/mol. The van der Waals surface area contributed by atoms with Gasteiger partial charge in [0, 0.05) is 30.5 Å². The first-order valence-electron chi connectivity index (χ1n) is 7.51. The second-order valence-corrected chi connectivity index (χ2v) is 6.01. The summed E-state index contributed by atoms with van der Waals surface area (Å²) in [7, 11) is 0. The summed E-state index contributed by atoms with van der Waals surface area (Å²) in [5, 5.41) is 9.32. The highest BCUT2D eigenvalue weighted by Crippen LogP contribution is 2.19. The lowest BCUT2D eigenvalue weighted by atomic mass is 9.97.